The minimum atomic E-state index is -0.126. The van der Waals surface area contributed by atoms with Crippen molar-refractivity contribution >= 4 is 23.4 Å². The second-order valence-electron chi connectivity index (χ2n) is 5.82. The van der Waals surface area contributed by atoms with Gasteiger partial charge in [-0.3, -0.25) is 4.79 Å². The number of hydrogen-bond acceptors (Lipinski definition) is 6. The van der Waals surface area contributed by atoms with Crippen molar-refractivity contribution in [2.75, 3.05) is 17.7 Å². The molecular formula is C19H21N5O2S. The van der Waals surface area contributed by atoms with Crippen molar-refractivity contribution < 1.29 is 9.53 Å². The molecule has 0 aliphatic heterocycles. The maximum absolute atomic E-state index is 12.3. The number of para-hydroxylation sites is 2. The van der Waals surface area contributed by atoms with Crippen LogP contribution in [0.25, 0.3) is 5.82 Å². The quantitative estimate of drug-likeness (QED) is 0.497. The zero-order valence-electron chi connectivity index (χ0n) is 15.5. The van der Waals surface area contributed by atoms with E-state index in [1.54, 1.807) is 4.68 Å². The van der Waals surface area contributed by atoms with Crippen molar-refractivity contribution in [2.45, 2.75) is 25.8 Å². The van der Waals surface area contributed by atoms with Crippen molar-refractivity contribution in [3.05, 3.63) is 54.1 Å². The summed E-state index contributed by atoms with van der Waals surface area (Å²) in [5, 5.41) is 8.01. The number of hydrogen-bond donors (Lipinski definition) is 1. The number of carbonyl (C=O) groups excluding carboxylic acids is 1. The molecule has 1 aromatic carbocycles. The van der Waals surface area contributed by atoms with Crippen LogP contribution < -0.4 is 10.1 Å². The predicted molar refractivity (Wildman–Crippen MR) is 106 cm³/mol. The van der Waals surface area contributed by atoms with Crippen molar-refractivity contribution in [1.29, 1.82) is 0 Å². The van der Waals surface area contributed by atoms with Gasteiger partial charge >= 0.3 is 0 Å². The zero-order chi connectivity index (χ0) is 19.2. The summed E-state index contributed by atoms with van der Waals surface area (Å²) in [5.41, 5.74) is 2.58. The number of carbonyl (C=O) groups is 1. The summed E-state index contributed by atoms with van der Waals surface area (Å²) in [5.74, 6) is 1.44. The molecule has 0 aliphatic rings. The summed E-state index contributed by atoms with van der Waals surface area (Å²) >= 11 is 1.34. The van der Waals surface area contributed by atoms with Crippen LogP contribution >= 0.6 is 11.8 Å². The molecule has 0 spiro atoms. The molecule has 0 aliphatic carbocycles. The molecule has 2 heterocycles. The Morgan fingerprint density at radius 1 is 1.22 bits per heavy atom. The lowest BCUT2D eigenvalue weighted by atomic mass is 10.3. The van der Waals surface area contributed by atoms with Crippen LogP contribution in [-0.2, 0) is 4.79 Å². The van der Waals surface area contributed by atoms with Gasteiger partial charge in [0.15, 0.2) is 5.82 Å². The van der Waals surface area contributed by atoms with Gasteiger partial charge in [-0.25, -0.2) is 14.6 Å². The molecule has 0 saturated carbocycles. The van der Waals surface area contributed by atoms with Crippen LogP contribution in [0.3, 0.4) is 0 Å². The van der Waals surface area contributed by atoms with Crippen LogP contribution in [-0.4, -0.2) is 38.0 Å². The molecule has 3 aromatic rings. The van der Waals surface area contributed by atoms with E-state index in [4.69, 9.17) is 4.74 Å². The first kappa shape index (κ1) is 18.9. The highest BCUT2D eigenvalue weighted by Crippen LogP contribution is 2.24. The van der Waals surface area contributed by atoms with Gasteiger partial charge < -0.3 is 10.1 Å². The molecule has 1 amide bonds. The Morgan fingerprint density at radius 2 is 2.04 bits per heavy atom. The van der Waals surface area contributed by atoms with Gasteiger partial charge in [-0.15, -0.1) is 0 Å². The van der Waals surface area contributed by atoms with E-state index in [0.717, 1.165) is 11.4 Å². The highest BCUT2D eigenvalue weighted by atomic mass is 32.2. The first-order valence-electron chi connectivity index (χ1n) is 8.57. The predicted octanol–water partition coefficient (Wildman–Crippen LogP) is 3.41. The zero-order valence-corrected chi connectivity index (χ0v) is 16.3. The fourth-order valence-electron chi connectivity index (χ4n) is 2.56. The van der Waals surface area contributed by atoms with Crippen LogP contribution in [0.4, 0.5) is 5.69 Å². The van der Waals surface area contributed by atoms with Crippen LogP contribution in [0.5, 0.6) is 5.75 Å². The van der Waals surface area contributed by atoms with Gasteiger partial charge in [-0.1, -0.05) is 23.9 Å². The van der Waals surface area contributed by atoms with Gasteiger partial charge in [-0.2, -0.15) is 5.10 Å². The largest absolute Gasteiger partial charge is 0.492 e. The van der Waals surface area contributed by atoms with Crippen molar-refractivity contribution in [1.82, 2.24) is 19.7 Å². The van der Waals surface area contributed by atoms with Gasteiger partial charge in [0.1, 0.15) is 17.1 Å². The van der Waals surface area contributed by atoms with Crippen LogP contribution in [0, 0.1) is 13.8 Å². The first-order chi connectivity index (χ1) is 13.1. The molecule has 3 rings (SSSR count). The summed E-state index contributed by atoms with van der Waals surface area (Å²) in [7, 11) is 0. The lowest BCUT2D eigenvalue weighted by molar-refractivity contribution is -0.113. The molecule has 0 unspecified atom stereocenters. The molecule has 8 heteroatoms. The summed E-state index contributed by atoms with van der Waals surface area (Å²) in [6, 6.07) is 11.2. The van der Waals surface area contributed by atoms with E-state index < -0.39 is 0 Å². The van der Waals surface area contributed by atoms with Crippen molar-refractivity contribution in [3.63, 3.8) is 0 Å². The number of ether oxygens (including phenoxy) is 1. The lowest BCUT2D eigenvalue weighted by Gasteiger charge is -2.11. The van der Waals surface area contributed by atoms with Crippen molar-refractivity contribution in [2.24, 2.45) is 0 Å². The topological polar surface area (TPSA) is 81.9 Å². The van der Waals surface area contributed by atoms with Crippen LogP contribution in [0.2, 0.25) is 0 Å². The molecule has 0 saturated heterocycles. The second kappa shape index (κ2) is 8.68. The maximum Gasteiger partial charge on any atom is 0.234 e. The maximum atomic E-state index is 12.3. The van der Waals surface area contributed by atoms with Crippen LogP contribution in [0.1, 0.15) is 18.3 Å². The number of aryl methyl sites for hydroxylation is 2. The number of nitrogens with one attached hydrogen (secondary N) is 1. The third-order valence-electron chi connectivity index (χ3n) is 3.67. The summed E-state index contributed by atoms with van der Waals surface area (Å²) in [6.07, 6.45) is 1.48. The normalized spacial score (nSPS) is 10.6. The summed E-state index contributed by atoms with van der Waals surface area (Å²) in [4.78, 5) is 20.8. The minimum absolute atomic E-state index is 0.126. The van der Waals surface area contributed by atoms with Gasteiger partial charge in [0.25, 0.3) is 0 Å². The average molecular weight is 383 g/mol. The molecule has 0 atom stereocenters. The van der Waals surface area contributed by atoms with E-state index in [9.17, 15) is 4.79 Å². The number of anilines is 1. The highest BCUT2D eigenvalue weighted by Gasteiger charge is 2.10. The molecule has 0 radical (unpaired) electrons. The molecule has 7 nitrogen and oxygen atoms in total. The Labute approximate surface area is 162 Å². The van der Waals surface area contributed by atoms with Gasteiger partial charge in [0.05, 0.1) is 23.7 Å². The number of nitrogens with zero attached hydrogens (tertiary/aromatic N) is 4. The molecule has 27 heavy (non-hydrogen) atoms. The average Bonchev–Trinajstić information content (AvgIpc) is 3.00. The Kier molecular flexibility index (Phi) is 6.08. The summed E-state index contributed by atoms with van der Waals surface area (Å²) in [6.45, 7) is 6.35. The lowest BCUT2D eigenvalue weighted by Crippen LogP contribution is -2.15. The Bertz CT molecular complexity index is 941. The van der Waals surface area contributed by atoms with Gasteiger partial charge in [-0.05, 0) is 39.0 Å². The van der Waals surface area contributed by atoms with E-state index >= 15 is 0 Å². The third kappa shape index (κ3) is 4.85. The Balaban J connectivity index is 1.64. The van der Waals surface area contributed by atoms with Gasteiger partial charge in [0.2, 0.25) is 5.91 Å². The van der Waals surface area contributed by atoms with E-state index in [2.05, 4.69) is 20.4 Å². The van der Waals surface area contributed by atoms with E-state index in [1.807, 2.05) is 57.2 Å². The number of aromatic nitrogens is 4. The molecule has 0 bridgehead atoms. The molecule has 2 aromatic heterocycles. The smallest absolute Gasteiger partial charge is 0.234 e. The minimum Gasteiger partial charge on any atom is -0.492 e. The Hall–Kier alpha value is -2.87. The molecule has 1 N–H and O–H groups in total. The van der Waals surface area contributed by atoms with E-state index in [1.165, 1.54) is 18.1 Å². The number of amides is 1. The molecule has 140 valence electrons. The Morgan fingerprint density at radius 3 is 2.78 bits per heavy atom. The summed E-state index contributed by atoms with van der Waals surface area (Å²) < 4.78 is 7.29. The monoisotopic (exact) mass is 383 g/mol. The number of thioether (sulfide) groups is 1. The fraction of sp³-hybridized carbons (Fsp3) is 0.263. The fourth-order valence-corrected chi connectivity index (χ4v) is 3.22. The van der Waals surface area contributed by atoms with Crippen molar-refractivity contribution in [3.8, 4) is 11.6 Å². The third-order valence-corrected chi connectivity index (χ3v) is 4.59. The second-order valence-corrected chi connectivity index (χ2v) is 6.81. The number of benzene rings is 1. The van der Waals surface area contributed by atoms with E-state index in [0.29, 0.717) is 28.9 Å². The highest BCUT2D eigenvalue weighted by molar-refractivity contribution is 7.99. The van der Waals surface area contributed by atoms with E-state index in [-0.39, 0.29) is 11.7 Å². The molecular weight excluding hydrogens is 362 g/mol. The van der Waals surface area contributed by atoms with Gasteiger partial charge in [0, 0.05) is 11.8 Å². The first-order valence-corrected chi connectivity index (χ1v) is 9.55. The SMILES string of the molecule is CCOc1ccccc1NC(=O)CSc1cc(-n2nc(C)cc2C)ncn1. The van der Waals surface area contributed by atoms with Crippen LogP contribution in [0.15, 0.2) is 47.8 Å². The standard InChI is InChI=1S/C19H21N5O2S/c1-4-26-16-8-6-5-7-15(16)22-18(25)11-27-19-10-17(20-12-21-19)24-14(3)9-13(2)23-24/h5-10,12H,4,11H2,1-3H3,(H,22,25). The molecule has 0 fully saturated rings. The number of rotatable bonds is 7.